The predicted molar refractivity (Wildman–Crippen MR) is 111 cm³/mol. The second-order valence-corrected chi connectivity index (χ2v) is 10.4. The summed E-state index contributed by atoms with van der Waals surface area (Å²) in [6.45, 7) is 0.113. The highest BCUT2D eigenvalue weighted by atomic mass is 79.9. The topological polar surface area (TPSA) is 98.8 Å². The molecule has 6 nitrogen and oxygen atoms in total. The molecule has 0 aliphatic rings. The third-order valence-corrected chi connectivity index (χ3v) is 7.34. The maximum atomic E-state index is 13.1. The van der Waals surface area contributed by atoms with Crippen molar-refractivity contribution in [2.75, 3.05) is 12.4 Å². The van der Waals surface area contributed by atoms with E-state index in [0.29, 0.717) is 5.75 Å². The molecule has 0 radical (unpaired) electrons. The van der Waals surface area contributed by atoms with Gasteiger partial charge < -0.3 is 4.74 Å². The zero-order valence-electron chi connectivity index (χ0n) is 15.9. The van der Waals surface area contributed by atoms with Crippen LogP contribution in [0.15, 0.2) is 61.1 Å². The molecule has 0 heterocycles. The highest BCUT2D eigenvalue weighted by Crippen LogP contribution is 2.30. The summed E-state index contributed by atoms with van der Waals surface area (Å²) in [5.41, 5.74) is -0.0578. The molecule has 0 saturated carbocycles. The Labute approximate surface area is 187 Å². The van der Waals surface area contributed by atoms with Gasteiger partial charge in [-0.05, 0) is 46.3 Å². The van der Waals surface area contributed by atoms with Crippen LogP contribution in [0.2, 0.25) is 0 Å². The van der Waals surface area contributed by atoms with E-state index in [0.717, 1.165) is 6.07 Å². The first-order valence-corrected chi connectivity index (χ1v) is 12.2. The highest BCUT2D eigenvalue weighted by molar-refractivity contribution is 9.10. The summed E-state index contributed by atoms with van der Waals surface area (Å²) in [7, 11) is -5.23. The molecule has 1 atom stereocenters. The fourth-order valence-electron chi connectivity index (χ4n) is 2.29. The Bertz CT molecular complexity index is 1110. The molecule has 2 rings (SSSR count). The molecule has 1 unspecified atom stereocenters. The number of sulfonamides is 1. The summed E-state index contributed by atoms with van der Waals surface area (Å²) >= 11 is 3.04. The number of hydrogen-bond acceptors (Lipinski definition) is 4. The maximum Gasteiger partial charge on any atom is 0.340 e. The minimum Gasteiger partial charge on any atom is -0.486 e. The lowest BCUT2D eigenvalue weighted by Crippen LogP contribution is -2.33. The monoisotopic (exact) mass is 544 g/mol. The number of alkyl halides is 4. The van der Waals surface area contributed by atoms with Crippen molar-refractivity contribution < 1.29 is 35.5 Å². The van der Waals surface area contributed by atoms with Gasteiger partial charge >= 0.3 is 12.3 Å². The van der Waals surface area contributed by atoms with E-state index in [-0.39, 0.29) is 25.6 Å². The molecule has 1 amide bonds. The summed E-state index contributed by atoms with van der Waals surface area (Å²) in [4.78, 5) is 12.7. The number of benzene rings is 2. The van der Waals surface area contributed by atoms with Gasteiger partial charge in [0.2, 0.25) is 10.0 Å². The van der Waals surface area contributed by atoms with Crippen LogP contribution in [-0.2, 0) is 20.7 Å². The third kappa shape index (κ3) is 6.57. The van der Waals surface area contributed by atoms with Gasteiger partial charge in [0, 0.05) is 16.2 Å². The van der Waals surface area contributed by atoms with Gasteiger partial charge in [-0.2, -0.15) is 13.1 Å². The zero-order chi connectivity index (χ0) is 23.4. The van der Waals surface area contributed by atoms with Gasteiger partial charge in [0.1, 0.15) is 5.75 Å². The largest absolute Gasteiger partial charge is 0.486 e. The highest BCUT2D eigenvalue weighted by Gasteiger charge is 2.41. The van der Waals surface area contributed by atoms with E-state index < -0.39 is 45.6 Å². The van der Waals surface area contributed by atoms with Crippen molar-refractivity contribution >= 4 is 42.6 Å². The molecule has 0 aromatic heterocycles. The molecule has 0 saturated heterocycles. The second-order valence-electron chi connectivity index (χ2n) is 6.04. The van der Waals surface area contributed by atoms with E-state index in [1.807, 2.05) is 0 Å². The number of nitrogens with zero attached hydrogens (tertiary/aromatic N) is 1. The molecule has 31 heavy (non-hydrogen) atoms. The third-order valence-electron chi connectivity index (χ3n) is 3.79. The normalized spacial score (nSPS) is 13.4. The molecule has 0 aliphatic heterocycles. The summed E-state index contributed by atoms with van der Waals surface area (Å²) in [6, 6.07) is 9.59. The molecule has 2 N–H and O–H groups in total. The molecular formula is C18H17BrF4N2O4S2. The fourth-order valence-corrected chi connectivity index (χ4v) is 5.28. The van der Waals surface area contributed by atoms with Crippen molar-refractivity contribution in [3.63, 3.8) is 0 Å². The van der Waals surface area contributed by atoms with Crippen LogP contribution in [0.25, 0.3) is 0 Å². The Balaban J connectivity index is 2.38. The van der Waals surface area contributed by atoms with Crippen LogP contribution in [0.5, 0.6) is 5.75 Å². The summed E-state index contributed by atoms with van der Waals surface area (Å²) in [5.74, 6) is -5.09. The molecular weight excluding hydrogens is 528 g/mol. The Morgan fingerprint density at radius 2 is 1.90 bits per heavy atom. The number of amides is 1. The van der Waals surface area contributed by atoms with Crippen molar-refractivity contribution in [3.8, 4) is 5.75 Å². The van der Waals surface area contributed by atoms with Crippen LogP contribution in [-0.4, -0.2) is 39.0 Å². The molecule has 0 bridgehead atoms. The predicted octanol–water partition coefficient (Wildman–Crippen LogP) is 4.40. The van der Waals surface area contributed by atoms with Crippen LogP contribution in [0.3, 0.4) is 0 Å². The van der Waals surface area contributed by atoms with Crippen molar-refractivity contribution in [3.05, 3.63) is 52.5 Å². The molecule has 13 heteroatoms. The van der Waals surface area contributed by atoms with E-state index >= 15 is 0 Å². The first-order valence-electron chi connectivity index (χ1n) is 8.54. The van der Waals surface area contributed by atoms with Gasteiger partial charge in [0.05, 0.1) is 9.37 Å². The quantitative estimate of drug-likeness (QED) is 0.498. The molecule has 0 aliphatic carbocycles. The van der Waals surface area contributed by atoms with Gasteiger partial charge in [-0.15, -0.1) is 0 Å². The second kappa shape index (κ2) is 10.2. The number of rotatable bonds is 8. The average Bonchev–Trinajstić information content (AvgIpc) is 2.70. The molecule has 0 fully saturated rings. The first-order chi connectivity index (χ1) is 14.4. The Kier molecular flexibility index (Phi) is 8.36. The van der Waals surface area contributed by atoms with Crippen molar-refractivity contribution in [1.82, 2.24) is 0 Å². The van der Waals surface area contributed by atoms with E-state index in [1.54, 1.807) is 13.0 Å². The Hall–Kier alpha value is -1.83. The van der Waals surface area contributed by atoms with Gasteiger partial charge in [-0.3, -0.25) is 4.79 Å². The van der Waals surface area contributed by atoms with Gasteiger partial charge in [0.25, 0.3) is 5.91 Å². The Morgan fingerprint density at radius 1 is 1.26 bits per heavy atom. The summed E-state index contributed by atoms with van der Waals surface area (Å²) < 4.78 is 83.6. The van der Waals surface area contributed by atoms with Gasteiger partial charge in [-0.1, -0.05) is 29.7 Å². The van der Waals surface area contributed by atoms with E-state index in [9.17, 15) is 30.8 Å². The summed E-state index contributed by atoms with van der Waals surface area (Å²) in [5, 5.41) is 5.23. The van der Waals surface area contributed by atoms with Gasteiger partial charge in [0.15, 0.2) is 6.61 Å². The van der Waals surface area contributed by atoms with E-state index in [2.05, 4.69) is 20.3 Å². The first kappa shape index (κ1) is 25.4. The minimum absolute atomic E-state index is 0.0578. The SMILES string of the molecule is CCS(=NC(=O)c1ccc(Br)c(OCC(F)(F)C(F)F)c1)c1ccccc1S(N)(=O)=O. The standard InChI is InChI=1S/C18H17BrF4N2O4S2/c1-2-30(14-5-3-4-6-15(14)31(24,27)28)25-16(26)11-7-8-12(19)13(9-11)29-10-18(22,23)17(20)21/h3-9,17H,2,10H2,1H3,(H2,24,27,28). The fraction of sp³-hybridized carbons (Fsp3) is 0.278. The van der Waals surface area contributed by atoms with E-state index in [1.165, 1.54) is 30.3 Å². The van der Waals surface area contributed by atoms with Gasteiger partial charge in [-0.25, -0.2) is 22.3 Å². The van der Waals surface area contributed by atoms with E-state index in [4.69, 9.17) is 9.88 Å². The molecule has 2 aromatic carbocycles. The summed E-state index contributed by atoms with van der Waals surface area (Å²) in [6.07, 6.45) is -3.91. The van der Waals surface area contributed by atoms with Crippen LogP contribution in [0, 0.1) is 0 Å². The van der Waals surface area contributed by atoms with Crippen LogP contribution >= 0.6 is 15.9 Å². The lowest BCUT2D eigenvalue weighted by molar-refractivity contribution is -0.148. The van der Waals surface area contributed by atoms with Crippen molar-refractivity contribution in [1.29, 1.82) is 0 Å². The van der Waals surface area contributed by atoms with Crippen LogP contribution in [0.4, 0.5) is 17.6 Å². The molecule has 2 aromatic rings. The number of primary sulfonamides is 1. The number of nitrogens with two attached hydrogens (primary N) is 1. The zero-order valence-corrected chi connectivity index (χ0v) is 19.1. The van der Waals surface area contributed by atoms with Crippen molar-refractivity contribution in [2.24, 2.45) is 9.50 Å². The lowest BCUT2D eigenvalue weighted by atomic mass is 10.2. The average molecular weight is 545 g/mol. The number of carbonyl (C=O) groups excluding carboxylic acids is 1. The number of ether oxygens (including phenoxy) is 1. The minimum atomic E-state index is -4.37. The van der Waals surface area contributed by atoms with Crippen molar-refractivity contribution in [2.45, 2.75) is 29.1 Å². The molecule has 170 valence electrons. The smallest absolute Gasteiger partial charge is 0.340 e. The maximum absolute atomic E-state index is 13.1. The molecule has 0 spiro atoms. The number of halogens is 5. The van der Waals surface area contributed by atoms with Crippen LogP contribution < -0.4 is 9.88 Å². The Morgan fingerprint density at radius 3 is 2.48 bits per heavy atom. The number of carbonyl (C=O) groups is 1. The van der Waals surface area contributed by atoms with Crippen LogP contribution in [0.1, 0.15) is 17.3 Å². The number of hydrogen-bond donors (Lipinski definition) is 1. The lowest BCUT2D eigenvalue weighted by Gasteiger charge is -2.17.